The fraction of sp³-hybridized carbons (Fsp3) is 0.600. The van der Waals surface area contributed by atoms with Crippen molar-refractivity contribution in [2.75, 3.05) is 0 Å². The highest BCUT2D eigenvalue weighted by Gasteiger charge is 2.15. The predicted octanol–water partition coefficient (Wildman–Crippen LogP) is 3.31. The summed E-state index contributed by atoms with van der Waals surface area (Å²) in [6.07, 6.45) is 7.33. The van der Waals surface area contributed by atoms with Gasteiger partial charge in [-0.1, -0.05) is 25.1 Å². The van der Waals surface area contributed by atoms with E-state index in [9.17, 15) is 0 Å². The van der Waals surface area contributed by atoms with Crippen molar-refractivity contribution >= 4 is 24.0 Å². The number of aromatic nitrogens is 2. The largest absolute Gasteiger partial charge is 0.334 e. The van der Waals surface area contributed by atoms with Crippen LogP contribution < -0.4 is 0 Å². The van der Waals surface area contributed by atoms with Gasteiger partial charge in [-0.05, 0) is 18.9 Å². The number of hydrogen-bond donors (Lipinski definition) is 1. The molecule has 0 aliphatic heterocycles. The molecule has 0 bridgehead atoms. The van der Waals surface area contributed by atoms with Crippen LogP contribution in [0.4, 0.5) is 0 Å². The second kappa shape index (κ2) is 4.94. The van der Waals surface area contributed by atoms with Gasteiger partial charge in [0.25, 0.3) is 0 Å². The standard InChI is InChI=1S/C10H14N2S2/c13-10-5-6-11-9(12-10)7-14-8-3-1-2-4-8/h5-6,8H,1-4,7H2,(H,11,12,13). The Morgan fingerprint density at radius 3 is 3.00 bits per heavy atom. The Labute approximate surface area is 93.5 Å². The van der Waals surface area contributed by atoms with Crippen LogP contribution in [0.1, 0.15) is 31.5 Å². The van der Waals surface area contributed by atoms with Crippen molar-refractivity contribution < 1.29 is 0 Å². The summed E-state index contributed by atoms with van der Waals surface area (Å²) in [6.45, 7) is 0. The number of rotatable bonds is 3. The van der Waals surface area contributed by atoms with Gasteiger partial charge in [-0.25, -0.2) is 4.98 Å². The van der Waals surface area contributed by atoms with Gasteiger partial charge < -0.3 is 4.98 Å². The van der Waals surface area contributed by atoms with Gasteiger partial charge in [0.05, 0.1) is 5.75 Å². The Kier molecular flexibility index (Phi) is 3.59. The molecule has 0 radical (unpaired) electrons. The Morgan fingerprint density at radius 2 is 2.29 bits per heavy atom. The van der Waals surface area contributed by atoms with E-state index in [0.29, 0.717) is 0 Å². The van der Waals surface area contributed by atoms with Gasteiger partial charge in [0.2, 0.25) is 0 Å². The lowest BCUT2D eigenvalue weighted by Crippen LogP contribution is -1.98. The Balaban J connectivity index is 1.88. The molecule has 1 aromatic rings. The number of hydrogen-bond acceptors (Lipinski definition) is 3. The first-order chi connectivity index (χ1) is 6.84. The van der Waals surface area contributed by atoms with E-state index < -0.39 is 0 Å². The van der Waals surface area contributed by atoms with Gasteiger partial charge in [-0.3, -0.25) is 0 Å². The Hall–Kier alpha value is -0.350. The highest BCUT2D eigenvalue weighted by Crippen LogP contribution is 2.30. The van der Waals surface area contributed by atoms with Crippen LogP contribution in [-0.4, -0.2) is 15.2 Å². The molecular weight excluding hydrogens is 212 g/mol. The Bertz CT molecular complexity index is 342. The van der Waals surface area contributed by atoms with Crippen molar-refractivity contribution in [3.8, 4) is 0 Å². The lowest BCUT2D eigenvalue weighted by atomic mass is 10.4. The van der Waals surface area contributed by atoms with Crippen LogP contribution in [0.3, 0.4) is 0 Å². The van der Waals surface area contributed by atoms with E-state index >= 15 is 0 Å². The van der Waals surface area contributed by atoms with Crippen LogP contribution in [0.15, 0.2) is 12.3 Å². The van der Waals surface area contributed by atoms with Gasteiger partial charge in [-0.2, -0.15) is 11.8 Å². The minimum atomic E-state index is 0.780. The lowest BCUT2D eigenvalue weighted by molar-refractivity contribution is 0.886. The maximum absolute atomic E-state index is 5.04. The molecule has 1 fully saturated rings. The normalized spacial score (nSPS) is 17.4. The van der Waals surface area contributed by atoms with Crippen molar-refractivity contribution in [2.45, 2.75) is 36.7 Å². The predicted molar refractivity (Wildman–Crippen MR) is 63.0 cm³/mol. The second-order valence-electron chi connectivity index (χ2n) is 3.60. The fourth-order valence-corrected chi connectivity index (χ4v) is 3.12. The molecule has 1 heterocycles. The molecule has 0 spiro atoms. The third-order valence-electron chi connectivity index (χ3n) is 2.48. The average molecular weight is 226 g/mol. The topological polar surface area (TPSA) is 28.7 Å². The molecular formula is C10H14N2S2. The first kappa shape index (κ1) is 10.2. The van der Waals surface area contributed by atoms with Gasteiger partial charge in [0, 0.05) is 11.4 Å². The van der Waals surface area contributed by atoms with E-state index in [4.69, 9.17) is 12.2 Å². The minimum Gasteiger partial charge on any atom is -0.334 e. The molecule has 0 atom stereocenters. The molecule has 1 aliphatic carbocycles. The van der Waals surface area contributed by atoms with Crippen molar-refractivity contribution in [1.29, 1.82) is 0 Å². The van der Waals surface area contributed by atoms with Gasteiger partial charge in [0.15, 0.2) is 0 Å². The summed E-state index contributed by atoms with van der Waals surface area (Å²) in [5.41, 5.74) is 0. The summed E-state index contributed by atoms with van der Waals surface area (Å²) in [6, 6.07) is 1.82. The number of thioether (sulfide) groups is 1. The van der Waals surface area contributed by atoms with Crippen molar-refractivity contribution in [3.63, 3.8) is 0 Å². The van der Waals surface area contributed by atoms with E-state index in [2.05, 4.69) is 9.97 Å². The summed E-state index contributed by atoms with van der Waals surface area (Å²) < 4.78 is 0.780. The molecule has 2 nitrogen and oxygen atoms in total. The quantitative estimate of drug-likeness (QED) is 0.802. The molecule has 1 N–H and O–H groups in total. The molecule has 0 amide bonds. The van der Waals surface area contributed by atoms with Gasteiger partial charge in [-0.15, -0.1) is 0 Å². The highest BCUT2D eigenvalue weighted by molar-refractivity contribution is 7.99. The summed E-state index contributed by atoms with van der Waals surface area (Å²) in [5, 5.41) is 0.846. The van der Waals surface area contributed by atoms with Gasteiger partial charge in [0.1, 0.15) is 10.5 Å². The smallest absolute Gasteiger partial charge is 0.117 e. The van der Waals surface area contributed by atoms with E-state index in [0.717, 1.165) is 21.5 Å². The number of H-pyrrole nitrogens is 1. The van der Waals surface area contributed by atoms with E-state index in [1.165, 1.54) is 25.7 Å². The molecule has 2 rings (SSSR count). The van der Waals surface area contributed by atoms with Crippen LogP contribution in [0.2, 0.25) is 0 Å². The Morgan fingerprint density at radius 1 is 1.50 bits per heavy atom. The fourth-order valence-electron chi connectivity index (χ4n) is 1.74. The third-order valence-corrected chi connectivity index (χ3v) is 4.10. The monoisotopic (exact) mass is 226 g/mol. The molecule has 4 heteroatoms. The van der Waals surface area contributed by atoms with Crippen molar-refractivity contribution in [1.82, 2.24) is 9.97 Å². The molecule has 1 aliphatic rings. The third kappa shape index (κ3) is 2.82. The number of nitrogens with zero attached hydrogens (tertiary/aromatic N) is 1. The molecule has 0 aromatic carbocycles. The van der Waals surface area contributed by atoms with Crippen LogP contribution in [-0.2, 0) is 5.75 Å². The maximum Gasteiger partial charge on any atom is 0.117 e. The summed E-state index contributed by atoms with van der Waals surface area (Å²) in [5.74, 6) is 1.98. The van der Waals surface area contributed by atoms with E-state index in [-0.39, 0.29) is 0 Å². The van der Waals surface area contributed by atoms with Crippen LogP contribution >= 0.6 is 24.0 Å². The lowest BCUT2D eigenvalue weighted by Gasteiger charge is -2.07. The minimum absolute atomic E-state index is 0.780. The molecule has 0 unspecified atom stereocenters. The zero-order valence-electron chi connectivity index (χ0n) is 8.03. The van der Waals surface area contributed by atoms with E-state index in [1.807, 2.05) is 17.8 Å². The SMILES string of the molecule is S=c1ccnc(CSC2CCCC2)[nH]1. The van der Waals surface area contributed by atoms with Crippen molar-refractivity contribution in [2.24, 2.45) is 0 Å². The van der Waals surface area contributed by atoms with E-state index in [1.54, 1.807) is 6.20 Å². The second-order valence-corrected chi connectivity index (χ2v) is 5.33. The first-order valence-electron chi connectivity index (χ1n) is 5.00. The molecule has 14 heavy (non-hydrogen) atoms. The van der Waals surface area contributed by atoms with Gasteiger partial charge >= 0.3 is 0 Å². The summed E-state index contributed by atoms with van der Waals surface area (Å²) >= 11 is 7.05. The molecule has 1 aromatic heterocycles. The first-order valence-corrected chi connectivity index (χ1v) is 6.46. The zero-order valence-corrected chi connectivity index (χ0v) is 9.66. The summed E-state index contributed by atoms with van der Waals surface area (Å²) in [7, 11) is 0. The maximum atomic E-state index is 5.04. The number of nitrogens with one attached hydrogen (secondary N) is 1. The molecule has 76 valence electrons. The average Bonchev–Trinajstić information content (AvgIpc) is 2.67. The van der Waals surface area contributed by atoms with Crippen LogP contribution in [0.5, 0.6) is 0 Å². The molecule has 0 saturated heterocycles. The van der Waals surface area contributed by atoms with Crippen LogP contribution in [0.25, 0.3) is 0 Å². The van der Waals surface area contributed by atoms with Crippen molar-refractivity contribution in [3.05, 3.63) is 22.7 Å². The number of aromatic amines is 1. The van der Waals surface area contributed by atoms with Crippen LogP contribution in [0, 0.1) is 4.64 Å². The summed E-state index contributed by atoms with van der Waals surface area (Å²) in [4.78, 5) is 7.37. The highest BCUT2D eigenvalue weighted by atomic mass is 32.2. The molecule has 1 saturated carbocycles. The zero-order chi connectivity index (χ0) is 9.80.